The zero-order valence-electron chi connectivity index (χ0n) is 8.04. The van der Waals surface area contributed by atoms with Crippen LogP contribution in [-0.2, 0) is 16.5 Å². The third kappa shape index (κ3) is 6.12. The van der Waals surface area contributed by atoms with Crippen molar-refractivity contribution in [2.45, 2.75) is 6.42 Å². The van der Waals surface area contributed by atoms with Crippen LogP contribution in [-0.4, -0.2) is 18.7 Å². The zero-order chi connectivity index (χ0) is 10.8. The van der Waals surface area contributed by atoms with Crippen LogP contribution in [0.4, 0.5) is 0 Å². The third-order valence-corrected chi connectivity index (χ3v) is 2.93. The Morgan fingerprint density at radius 3 is 2.33 bits per heavy atom. The summed E-state index contributed by atoms with van der Waals surface area (Å²) in [6, 6.07) is 4.71. The molecule has 0 bridgehead atoms. The fraction of sp³-hybridized carbons (Fsp3) is 0.250. The fourth-order valence-corrected chi connectivity index (χ4v) is 1.93. The first-order chi connectivity index (χ1) is 6.38. The number of hydrogen-bond donors (Lipinski definition) is 0. The summed E-state index contributed by atoms with van der Waals surface area (Å²) in [6.45, 7) is 0. The molecule has 0 amide bonds. The van der Waals surface area contributed by atoms with Gasteiger partial charge in [-0.05, 0) is 24.1 Å². The molecule has 78 valence electrons. The van der Waals surface area contributed by atoms with E-state index in [2.05, 4.69) is 0 Å². The van der Waals surface area contributed by atoms with Crippen LogP contribution in [0.1, 0.15) is 5.56 Å². The second-order valence-corrected chi connectivity index (χ2v) is 5.11. The molecule has 0 spiro atoms. The van der Waals surface area contributed by atoms with Gasteiger partial charge in [0, 0.05) is 15.8 Å². The van der Waals surface area contributed by atoms with Crippen LogP contribution in [0.15, 0.2) is 18.2 Å². The summed E-state index contributed by atoms with van der Waals surface area (Å²) in [4.78, 5) is 0. The number of rotatable bonds is 3. The van der Waals surface area contributed by atoms with E-state index >= 15 is 0 Å². The Morgan fingerprint density at radius 1 is 1.27 bits per heavy atom. The maximum Gasteiger partial charge on any atom is 1.00 e. The van der Waals surface area contributed by atoms with Crippen molar-refractivity contribution >= 4 is 33.3 Å². The van der Waals surface area contributed by atoms with Crippen LogP contribution < -0.4 is 29.6 Å². The van der Waals surface area contributed by atoms with Crippen LogP contribution in [0.25, 0.3) is 0 Å². The number of aryl methyl sites for hydroxylation is 1. The maximum absolute atomic E-state index is 10.4. The molecule has 0 saturated heterocycles. The first-order valence-corrected chi connectivity index (χ1v) is 6.09. The normalized spacial score (nSPS) is 10.9. The van der Waals surface area contributed by atoms with Gasteiger partial charge < -0.3 is 4.55 Å². The van der Waals surface area contributed by atoms with E-state index in [1.54, 1.807) is 12.1 Å². The van der Waals surface area contributed by atoms with E-state index in [9.17, 15) is 13.0 Å². The van der Waals surface area contributed by atoms with Crippen LogP contribution >= 0.6 is 23.2 Å². The first kappa shape index (κ1) is 15.7. The summed E-state index contributed by atoms with van der Waals surface area (Å²) in [7, 11) is -4.19. The van der Waals surface area contributed by atoms with Crippen molar-refractivity contribution < 1.29 is 42.5 Å². The molecule has 0 aliphatic heterocycles. The van der Waals surface area contributed by atoms with E-state index in [0.717, 1.165) is 0 Å². The Balaban J connectivity index is 0.00000196. The molecule has 0 N–H and O–H groups in total. The largest absolute Gasteiger partial charge is 1.00 e. The van der Waals surface area contributed by atoms with Crippen LogP contribution in [0.5, 0.6) is 0 Å². The van der Waals surface area contributed by atoms with Gasteiger partial charge in [0.15, 0.2) is 0 Å². The minimum atomic E-state index is -4.19. The van der Waals surface area contributed by atoms with Crippen molar-refractivity contribution in [2.24, 2.45) is 0 Å². The van der Waals surface area contributed by atoms with Gasteiger partial charge in [-0.2, -0.15) is 0 Å². The molecule has 15 heavy (non-hydrogen) atoms. The molecule has 1 aromatic carbocycles. The van der Waals surface area contributed by atoms with Crippen molar-refractivity contribution in [1.29, 1.82) is 0 Å². The van der Waals surface area contributed by atoms with Crippen molar-refractivity contribution in [3.8, 4) is 0 Å². The van der Waals surface area contributed by atoms with Crippen molar-refractivity contribution in [2.75, 3.05) is 5.75 Å². The number of benzene rings is 1. The summed E-state index contributed by atoms with van der Waals surface area (Å²) in [5.74, 6) is -0.450. The van der Waals surface area contributed by atoms with Crippen molar-refractivity contribution in [3.05, 3.63) is 33.8 Å². The number of halogens is 2. The average molecular weight is 277 g/mol. The Bertz CT molecular complexity index is 434. The maximum atomic E-state index is 10.4. The molecule has 0 heterocycles. The Morgan fingerprint density at radius 2 is 1.87 bits per heavy atom. The smallest absolute Gasteiger partial charge is 0.748 e. The van der Waals surface area contributed by atoms with Gasteiger partial charge in [-0.3, -0.25) is 0 Å². The molecule has 0 fully saturated rings. The van der Waals surface area contributed by atoms with E-state index < -0.39 is 15.9 Å². The van der Waals surface area contributed by atoms with Gasteiger partial charge in [0.1, 0.15) is 0 Å². The van der Waals surface area contributed by atoms with Gasteiger partial charge in [-0.25, -0.2) is 8.42 Å². The molecule has 0 aliphatic rings. The molecular formula is C8H7Cl2NaO3S. The van der Waals surface area contributed by atoms with Gasteiger partial charge in [0.2, 0.25) is 0 Å². The van der Waals surface area contributed by atoms with Gasteiger partial charge >= 0.3 is 29.6 Å². The zero-order valence-corrected chi connectivity index (χ0v) is 12.4. The van der Waals surface area contributed by atoms with Crippen LogP contribution in [0.3, 0.4) is 0 Å². The SMILES string of the molecule is O=S(=O)([O-])CCc1ccc(Cl)cc1Cl.[Na+]. The minimum Gasteiger partial charge on any atom is -0.748 e. The molecule has 0 aromatic heterocycles. The summed E-state index contributed by atoms with van der Waals surface area (Å²) >= 11 is 11.4. The van der Waals surface area contributed by atoms with E-state index in [-0.39, 0.29) is 36.0 Å². The monoisotopic (exact) mass is 276 g/mol. The quantitative estimate of drug-likeness (QED) is 0.530. The molecule has 7 heteroatoms. The third-order valence-electron chi connectivity index (χ3n) is 1.64. The second kappa shape index (κ2) is 6.45. The van der Waals surface area contributed by atoms with Crippen LogP contribution in [0.2, 0.25) is 10.0 Å². The van der Waals surface area contributed by atoms with Crippen molar-refractivity contribution in [3.63, 3.8) is 0 Å². The van der Waals surface area contributed by atoms with Gasteiger partial charge in [0.25, 0.3) is 0 Å². The molecule has 0 saturated carbocycles. The topological polar surface area (TPSA) is 57.2 Å². The van der Waals surface area contributed by atoms with Gasteiger partial charge in [-0.1, -0.05) is 29.3 Å². The molecule has 1 aromatic rings. The van der Waals surface area contributed by atoms with E-state index in [1.807, 2.05) is 0 Å². The van der Waals surface area contributed by atoms with Crippen molar-refractivity contribution in [1.82, 2.24) is 0 Å². The summed E-state index contributed by atoms with van der Waals surface area (Å²) in [6.07, 6.45) is 0.113. The van der Waals surface area contributed by atoms with Gasteiger partial charge in [0.05, 0.1) is 10.1 Å². The number of hydrogen-bond acceptors (Lipinski definition) is 3. The fourth-order valence-electron chi connectivity index (χ4n) is 0.959. The molecular weight excluding hydrogens is 270 g/mol. The van der Waals surface area contributed by atoms with E-state index in [1.165, 1.54) is 6.07 Å². The average Bonchev–Trinajstić information content (AvgIpc) is 2.00. The standard InChI is InChI=1S/C8H8Cl2O3S.Na/c9-7-2-1-6(8(10)5-7)3-4-14(11,12)13;/h1-2,5H,3-4H2,(H,11,12,13);/q;+1/p-1. The molecule has 0 unspecified atom stereocenters. The second-order valence-electron chi connectivity index (χ2n) is 2.75. The Hall–Kier alpha value is 0.710. The molecule has 0 aliphatic carbocycles. The summed E-state index contributed by atoms with van der Waals surface area (Å²) in [5.41, 5.74) is 0.607. The summed E-state index contributed by atoms with van der Waals surface area (Å²) < 4.78 is 31.1. The molecule has 1 rings (SSSR count). The van der Waals surface area contributed by atoms with Gasteiger partial charge in [-0.15, -0.1) is 0 Å². The first-order valence-electron chi connectivity index (χ1n) is 3.76. The molecule has 0 atom stereocenters. The Labute approximate surface area is 121 Å². The Kier molecular flexibility index (Phi) is 6.75. The summed E-state index contributed by atoms with van der Waals surface area (Å²) in [5, 5.41) is 0.852. The predicted molar refractivity (Wildman–Crippen MR) is 54.7 cm³/mol. The molecule has 3 nitrogen and oxygen atoms in total. The van der Waals surface area contributed by atoms with E-state index in [4.69, 9.17) is 23.2 Å². The van der Waals surface area contributed by atoms with Crippen LogP contribution in [0, 0.1) is 0 Å². The molecule has 0 radical (unpaired) electrons. The minimum absolute atomic E-state index is 0. The van der Waals surface area contributed by atoms with E-state index in [0.29, 0.717) is 15.6 Å². The predicted octanol–water partition coefficient (Wildman–Crippen LogP) is -0.915.